The molecule has 8 heteroatoms. The van der Waals surface area contributed by atoms with E-state index in [-0.39, 0.29) is 6.61 Å². The van der Waals surface area contributed by atoms with E-state index in [9.17, 15) is 0 Å². The smallest absolute Gasteiger partial charge is 0.149 e. The van der Waals surface area contributed by atoms with E-state index in [0.717, 1.165) is 167 Å². The third kappa shape index (κ3) is 7.72. The number of ether oxygens (including phenoxy) is 4. The van der Waals surface area contributed by atoms with Gasteiger partial charge in [0.1, 0.15) is 29.6 Å². The number of H-pyrrole nitrogens is 2. The molecule has 8 nitrogen and oxygen atoms in total. The molecule has 4 aromatic carbocycles. The van der Waals surface area contributed by atoms with Crippen LogP contribution in [0.1, 0.15) is 88.5 Å². The van der Waals surface area contributed by atoms with Gasteiger partial charge in [-0.15, -0.1) is 5.92 Å². The standard InChI is InChI=1S/C56H58N4O4/c1-9-13-25-61-45-21-19-35(7)51-39-29-40-52-36(8)20-22-46(62-26-14-10-2)54(52)42(59-40)32-44-56-48(64-28-16-12-4)24-23-47(63-27-15-11-3)55(56)43(60-44)31-38-50-34(6)18-17-33(5)49(50)37(57-38)30-41(58-39)53(45)51/h17-24,29-32,58,60H,9-11,13-15,25-28H2,1-8H3. The number of hydrogen-bond acceptors (Lipinski definition) is 6. The summed E-state index contributed by atoms with van der Waals surface area (Å²) in [7, 11) is 0. The maximum Gasteiger partial charge on any atom is 0.149 e. The van der Waals surface area contributed by atoms with Crippen molar-refractivity contribution < 1.29 is 18.9 Å². The van der Waals surface area contributed by atoms with Gasteiger partial charge in [0.15, 0.2) is 0 Å². The molecule has 64 heavy (non-hydrogen) atoms. The Morgan fingerprint density at radius 3 is 1.28 bits per heavy atom. The molecule has 326 valence electrons. The van der Waals surface area contributed by atoms with Crippen LogP contribution < -0.4 is 18.9 Å². The summed E-state index contributed by atoms with van der Waals surface area (Å²) in [6, 6.07) is 25.7. The summed E-state index contributed by atoms with van der Waals surface area (Å²) < 4.78 is 26.4. The number of benzene rings is 4. The lowest BCUT2D eigenvalue weighted by atomic mass is 9.95. The van der Waals surface area contributed by atoms with Crippen LogP contribution in [0.25, 0.3) is 88.6 Å². The molecule has 2 N–H and O–H groups in total. The largest absolute Gasteiger partial charge is 0.493 e. The Kier molecular flexibility index (Phi) is 12.1. The summed E-state index contributed by atoms with van der Waals surface area (Å²) in [5.41, 5.74) is 15.8. The number of nitrogens with zero attached hydrogens (tertiary/aromatic N) is 2. The van der Waals surface area contributed by atoms with E-state index in [2.05, 4.69) is 131 Å². The Morgan fingerprint density at radius 1 is 0.438 bits per heavy atom. The molecule has 0 amide bonds. The van der Waals surface area contributed by atoms with Crippen molar-refractivity contribution in [3.8, 4) is 79.9 Å². The number of fused-ring (bicyclic) bond motifs is 20. The van der Waals surface area contributed by atoms with Crippen LogP contribution in [0, 0.1) is 39.5 Å². The highest BCUT2D eigenvalue weighted by Gasteiger charge is 2.27. The van der Waals surface area contributed by atoms with Gasteiger partial charge in [-0.3, -0.25) is 0 Å². The predicted molar refractivity (Wildman–Crippen MR) is 264 cm³/mol. The minimum Gasteiger partial charge on any atom is -0.493 e. The number of nitrogens with one attached hydrogen (secondary N) is 2. The fourth-order valence-electron chi connectivity index (χ4n) is 9.21. The third-order valence-corrected chi connectivity index (χ3v) is 12.5. The van der Waals surface area contributed by atoms with Crippen LogP contribution in [0.4, 0.5) is 0 Å². The van der Waals surface area contributed by atoms with Gasteiger partial charge in [0, 0.05) is 33.0 Å². The Labute approximate surface area is 376 Å². The zero-order valence-corrected chi connectivity index (χ0v) is 38.5. The normalized spacial score (nSPS) is 11.6. The van der Waals surface area contributed by atoms with E-state index >= 15 is 0 Å². The predicted octanol–water partition coefficient (Wildman–Crippen LogP) is 14.5. The molecule has 3 aromatic heterocycles. The lowest BCUT2D eigenvalue weighted by Gasteiger charge is -2.13. The van der Waals surface area contributed by atoms with Crippen LogP contribution >= 0.6 is 0 Å². The molecule has 5 heterocycles. The highest BCUT2D eigenvalue weighted by molar-refractivity contribution is 6.15. The lowest BCUT2D eigenvalue weighted by Crippen LogP contribution is -1.99. The van der Waals surface area contributed by atoms with E-state index in [1.165, 1.54) is 0 Å². The molecule has 0 saturated heterocycles. The number of unbranched alkanes of at least 4 members (excludes halogenated alkanes) is 3. The molecule has 0 spiro atoms. The fourth-order valence-corrected chi connectivity index (χ4v) is 9.21. The molecule has 0 radical (unpaired) electrons. The molecule has 0 saturated carbocycles. The first-order chi connectivity index (χ1) is 31.2. The van der Waals surface area contributed by atoms with Gasteiger partial charge in [0.05, 0.1) is 75.5 Å². The van der Waals surface area contributed by atoms with Gasteiger partial charge in [0.25, 0.3) is 0 Å². The number of aromatic amines is 2. The minimum absolute atomic E-state index is 0.250. The maximum atomic E-state index is 6.64. The topological polar surface area (TPSA) is 94.3 Å². The summed E-state index contributed by atoms with van der Waals surface area (Å²) >= 11 is 0. The first-order valence-electron chi connectivity index (χ1n) is 23.0. The van der Waals surface area contributed by atoms with Crippen molar-refractivity contribution in [2.75, 3.05) is 26.4 Å². The van der Waals surface area contributed by atoms with Gasteiger partial charge in [-0.1, -0.05) is 70.2 Å². The van der Waals surface area contributed by atoms with Gasteiger partial charge in [-0.05, 0) is 125 Å². The Hall–Kier alpha value is -6.72. The highest BCUT2D eigenvalue weighted by atomic mass is 16.5. The molecule has 8 bridgehead atoms. The fraction of sp³-hybridized carbons (Fsp3) is 0.321. The molecule has 0 atom stereocenters. The SMILES string of the molecule is CC#CCOc1ccc(OCCCC)c2c3cc4nc(cc5[nH]c(cc6nc(cc([nH]3)c12)-c1c(OCCCC)ccc(C)c1-6)c1c(C)ccc(OCCCC)c51)-c1c(C)ccc(C)c1-4. The molecular formula is C56H58N4O4. The summed E-state index contributed by atoms with van der Waals surface area (Å²) in [4.78, 5) is 18.8. The quantitative estimate of drug-likeness (QED) is 0.0836. The van der Waals surface area contributed by atoms with Gasteiger partial charge >= 0.3 is 0 Å². The van der Waals surface area contributed by atoms with Gasteiger partial charge in [0.2, 0.25) is 0 Å². The Bertz CT molecular complexity index is 3180. The summed E-state index contributed by atoms with van der Waals surface area (Å²) in [5, 5.41) is 3.95. The van der Waals surface area contributed by atoms with Crippen molar-refractivity contribution in [2.24, 2.45) is 0 Å². The van der Waals surface area contributed by atoms with Crippen molar-refractivity contribution in [3.05, 3.63) is 95.1 Å². The monoisotopic (exact) mass is 850 g/mol. The van der Waals surface area contributed by atoms with E-state index in [0.29, 0.717) is 25.6 Å². The van der Waals surface area contributed by atoms with Crippen molar-refractivity contribution >= 4 is 43.6 Å². The van der Waals surface area contributed by atoms with Crippen LogP contribution in [0.5, 0.6) is 23.0 Å². The zero-order chi connectivity index (χ0) is 44.5. The number of aromatic nitrogens is 4. The second kappa shape index (κ2) is 18.2. The van der Waals surface area contributed by atoms with Crippen LogP contribution in [0.3, 0.4) is 0 Å². The molecule has 7 aromatic rings. The van der Waals surface area contributed by atoms with Crippen LogP contribution in [0.15, 0.2) is 72.8 Å². The van der Waals surface area contributed by atoms with E-state index in [1.54, 1.807) is 0 Å². The maximum absolute atomic E-state index is 6.64. The Balaban J connectivity index is 1.49. The van der Waals surface area contributed by atoms with Crippen molar-refractivity contribution in [3.63, 3.8) is 0 Å². The van der Waals surface area contributed by atoms with Crippen LogP contribution in [0.2, 0.25) is 0 Å². The Morgan fingerprint density at radius 2 is 0.797 bits per heavy atom. The highest BCUT2D eigenvalue weighted by Crippen LogP contribution is 2.48. The average molecular weight is 851 g/mol. The molecule has 0 fully saturated rings. The number of hydrogen-bond donors (Lipinski definition) is 2. The van der Waals surface area contributed by atoms with E-state index < -0.39 is 0 Å². The summed E-state index contributed by atoms with van der Waals surface area (Å²) in [5.74, 6) is 9.24. The molecule has 2 aliphatic heterocycles. The minimum atomic E-state index is 0.250. The van der Waals surface area contributed by atoms with Crippen molar-refractivity contribution in [1.82, 2.24) is 19.9 Å². The first-order valence-corrected chi connectivity index (χ1v) is 23.0. The first kappa shape index (κ1) is 42.6. The number of rotatable bonds is 14. The summed E-state index contributed by atoms with van der Waals surface area (Å²) in [6.07, 6.45) is 5.95. The molecule has 0 unspecified atom stereocenters. The van der Waals surface area contributed by atoms with E-state index in [1.807, 2.05) is 19.1 Å². The molecule has 0 aliphatic carbocycles. The lowest BCUT2D eigenvalue weighted by molar-refractivity contribution is 0.310. The molecular weight excluding hydrogens is 793 g/mol. The number of aryl methyl sites for hydroxylation is 4. The van der Waals surface area contributed by atoms with Crippen LogP contribution in [-0.4, -0.2) is 46.4 Å². The zero-order valence-electron chi connectivity index (χ0n) is 38.5. The second-order valence-corrected chi connectivity index (χ2v) is 17.1. The van der Waals surface area contributed by atoms with Crippen molar-refractivity contribution in [1.29, 1.82) is 0 Å². The molecule has 2 aliphatic rings. The summed E-state index contributed by atoms with van der Waals surface area (Å²) in [6.45, 7) is 19.1. The molecule has 9 rings (SSSR count). The van der Waals surface area contributed by atoms with Gasteiger partial charge in [-0.2, -0.15) is 0 Å². The van der Waals surface area contributed by atoms with Gasteiger partial charge < -0.3 is 28.9 Å². The third-order valence-electron chi connectivity index (χ3n) is 12.5. The van der Waals surface area contributed by atoms with Gasteiger partial charge in [-0.25, -0.2) is 9.97 Å². The van der Waals surface area contributed by atoms with Crippen LogP contribution in [-0.2, 0) is 0 Å². The van der Waals surface area contributed by atoms with Crippen molar-refractivity contribution in [2.45, 2.75) is 93.9 Å². The second-order valence-electron chi connectivity index (χ2n) is 17.1. The average Bonchev–Trinajstić information content (AvgIpc) is 4.04. The van der Waals surface area contributed by atoms with E-state index in [4.69, 9.17) is 28.9 Å².